The number of anilines is 1. The lowest BCUT2D eigenvalue weighted by Crippen LogP contribution is -2.50. The van der Waals surface area contributed by atoms with Crippen molar-refractivity contribution in [2.45, 2.75) is 76.0 Å². The van der Waals surface area contributed by atoms with Crippen molar-refractivity contribution < 1.29 is 19.1 Å². The molecular formula is C37H44N4O4. The van der Waals surface area contributed by atoms with Crippen molar-refractivity contribution in [3.8, 4) is 17.2 Å². The van der Waals surface area contributed by atoms with E-state index in [4.69, 9.17) is 9.15 Å². The summed E-state index contributed by atoms with van der Waals surface area (Å²) in [5, 5.41) is 22.0. The minimum Gasteiger partial charge on any atom is -0.494 e. The molecule has 1 aromatic heterocycles. The average molecular weight is 609 g/mol. The van der Waals surface area contributed by atoms with Crippen LogP contribution in [0.4, 0.5) is 5.69 Å². The van der Waals surface area contributed by atoms with E-state index in [1.165, 1.54) is 17.4 Å². The molecular weight excluding hydrogens is 564 g/mol. The van der Waals surface area contributed by atoms with Crippen molar-refractivity contribution >= 4 is 11.6 Å². The summed E-state index contributed by atoms with van der Waals surface area (Å²) < 4.78 is 11.6. The predicted octanol–water partition coefficient (Wildman–Crippen LogP) is 6.20. The number of rotatable bonds is 6. The van der Waals surface area contributed by atoms with Gasteiger partial charge in [0.2, 0.25) is 5.89 Å². The lowest BCUT2D eigenvalue weighted by Gasteiger charge is -2.28. The summed E-state index contributed by atoms with van der Waals surface area (Å²) in [6.45, 7) is 8.35. The molecule has 0 unspecified atom stereocenters. The van der Waals surface area contributed by atoms with E-state index in [1.807, 2.05) is 36.4 Å². The summed E-state index contributed by atoms with van der Waals surface area (Å²) in [5.41, 5.74) is 5.40. The van der Waals surface area contributed by atoms with Crippen LogP contribution in [0.15, 0.2) is 83.6 Å². The lowest BCUT2D eigenvalue weighted by atomic mass is 9.85. The van der Waals surface area contributed by atoms with Gasteiger partial charge in [-0.05, 0) is 84.5 Å². The Morgan fingerprint density at radius 3 is 2.64 bits per heavy atom. The van der Waals surface area contributed by atoms with E-state index in [-0.39, 0.29) is 16.9 Å². The van der Waals surface area contributed by atoms with E-state index in [0.29, 0.717) is 36.6 Å². The smallest absolute Gasteiger partial charge is 0.251 e. The van der Waals surface area contributed by atoms with Crippen molar-refractivity contribution in [3.05, 3.63) is 101 Å². The van der Waals surface area contributed by atoms with Crippen LogP contribution in [-0.2, 0) is 17.4 Å². The molecule has 2 aliphatic rings. The second-order valence-electron chi connectivity index (χ2n) is 13.4. The van der Waals surface area contributed by atoms with Gasteiger partial charge in [0, 0.05) is 35.4 Å². The quantitative estimate of drug-likeness (QED) is 0.206. The van der Waals surface area contributed by atoms with Crippen LogP contribution in [0.3, 0.4) is 0 Å². The highest BCUT2D eigenvalue weighted by atomic mass is 16.5. The van der Waals surface area contributed by atoms with Gasteiger partial charge in [-0.3, -0.25) is 4.79 Å². The van der Waals surface area contributed by atoms with Crippen LogP contribution in [0.25, 0.3) is 11.5 Å². The topological polar surface area (TPSA) is 109 Å². The van der Waals surface area contributed by atoms with E-state index in [1.54, 1.807) is 12.3 Å². The highest BCUT2D eigenvalue weighted by Gasteiger charge is 2.44. The molecule has 8 nitrogen and oxygen atoms in total. The van der Waals surface area contributed by atoms with Crippen molar-refractivity contribution in [3.63, 3.8) is 0 Å². The molecule has 3 aromatic carbocycles. The first kappa shape index (κ1) is 30.9. The minimum atomic E-state index is -0.840. The van der Waals surface area contributed by atoms with Crippen LogP contribution in [0, 0.1) is 0 Å². The zero-order chi connectivity index (χ0) is 31.4. The third kappa shape index (κ3) is 7.57. The molecule has 1 fully saturated rings. The summed E-state index contributed by atoms with van der Waals surface area (Å²) in [6, 6.07) is 21.7. The minimum absolute atomic E-state index is 0.0531. The zero-order valence-electron chi connectivity index (χ0n) is 26.4. The SMILES string of the molecule is CC(C)(C)c1cccc(C2(NC[C@@H](O)[C@@H]3Cc4cccc(c4)OCCCCNc4cc(cc(-c5ncco5)c4)C(=O)N3)CC2)c1. The van der Waals surface area contributed by atoms with Crippen LogP contribution >= 0.6 is 0 Å². The van der Waals surface area contributed by atoms with Gasteiger partial charge in [0.1, 0.15) is 12.0 Å². The van der Waals surface area contributed by atoms with Gasteiger partial charge in [-0.15, -0.1) is 0 Å². The van der Waals surface area contributed by atoms with Crippen molar-refractivity contribution in [1.29, 1.82) is 0 Å². The Balaban J connectivity index is 1.26. The van der Waals surface area contributed by atoms with E-state index < -0.39 is 12.1 Å². The average Bonchev–Trinajstić information content (AvgIpc) is 3.62. The van der Waals surface area contributed by atoms with E-state index >= 15 is 0 Å². The number of carbonyl (C=O) groups is 1. The molecule has 2 heterocycles. The van der Waals surface area contributed by atoms with E-state index in [0.717, 1.165) is 49.2 Å². The molecule has 4 N–H and O–H groups in total. The Hall–Kier alpha value is -4.14. The normalized spacial score (nSPS) is 19.1. The number of benzene rings is 3. The van der Waals surface area contributed by atoms with Crippen LogP contribution in [0.5, 0.6) is 5.75 Å². The Labute approximate surface area is 265 Å². The highest BCUT2D eigenvalue weighted by molar-refractivity contribution is 5.96. The standard InChI is InChI=1S/C37H44N4O4/c1-36(2,3)28-9-7-10-29(23-28)37(12-13-37)40-24-33(42)32-19-25-8-6-11-31(18-25)44-16-5-4-14-38-30-21-26(34(43)41-32)20-27(22-30)35-39-15-17-45-35/h6-11,15,17-18,20-23,32-33,38,40,42H,4-5,12-14,16,19,24H2,1-3H3,(H,41,43)/t32-,33+/m0/s1. The first-order chi connectivity index (χ1) is 21.7. The number of aliphatic hydroxyl groups is 1. The zero-order valence-corrected chi connectivity index (χ0v) is 26.4. The molecule has 1 saturated carbocycles. The monoisotopic (exact) mass is 608 g/mol. The van der Waals surface area contributed by atoms with Crippen LogP contribution < -0.4 is 20.7 Å². The van der Waals surface area contributed by atoms with Gasteiger partial charge in [-0.25, -0.2) is 4.98 Å². The fraction of sp³-hybridized carbons (Fsp3) is 0.405. The Bertz CT molecular complexity index is 1610. The number of nitrogens with one attached hydrogen (secondary N) is 3. The molecule has 8 heteroatoms. The van der Waals surface area contributed by atoms with Crippen molar-refractivity contribution in [2.24, 2.45) is 0 Å². The molecule has 1 amide bonds. The molecule has 2 atom stereocenters. The molecule has 0 spiro atoms. The maximum atomic E-state index is 13.9. The van der Waals surface area contributed by atoms with Gasteiger partial charge < -0.3 is 30.2 Å². The maximum Gasteiger partial charge on any atom is 0.251 e. The summed E-state index contributed by atoms with van der Waals surface area (Å²) in [4.78, 5) is 18.1. The number of hydrogen-bond acceptors (Lipinski definition) is 7. The molecule has 236 valence electrons. The van der Waals surface area contributed by atoms with Crippen LogP contribution in [0.1, 0.15) is 73.5 Å². The Kier molecular flexibility index (Phi) is 8.97. The van der Waals surface area contributed by atoms with Gasteiger partial charge in [0.25, 0.3) is 5.91 Å². The second kappa shape index (κ2) is 13.1. The molecule has 45 heavy (non-hydrogen) atoms. The number of oxazole rings is 1. The second-order valence-corrected chi connectivity index (χ2v) is 13.4. The Morgan fingerprint density at radius 1 is 1.04 bits per heavy atom. The first-order valence-corrected chi connectivity index (χ1v) is 16.0. The van der Waals surface area contributed by atoms with E-state index in [2.05, 4.69) is 66.0 Å². The maximum absolute atomic E-state index is 13.9. The number of fused-ring (bicyclic) bond motifs is 4. The summed E-state index contributed by atoms with van der Waals surface area (Å²) in [6.07, 6.45) is 6.53. The molecule has 1 aliphatic heterocycles. The fourth-order valence-electron chi connectivity index (χ4n) is 5.97. The highest BCUT2D eigenvalue weighted by Crippen LogP contribution is 2.46. The number of nitrogens with zero attached hydrogens (tertiary/aromatic N) is 1. The number of aromatic nitrogens is 1. The Morgan fingerprint density at radius 2 is 1.87 bits per heavy atom. The summed E-state index contributed by atoms with van der Waals surface area (Å²) in [7, 11) is 0. The predicted molar refractivity (Wildman–Crippen MR) is 177 cm³/mol. The number of hydrogen-bond donors (Lipinski definition) is 4. The van der Waals surface area contributed by atoms with Gasteiger partial charge in [-0.1, -0.05) is 57.2 Å². The van der Waals surface area contributed by atoms with Crippen LogP contribution in [0.2, 0.25) is 0 Å². The largest absolute Gasteiger partial charge is 0.494 e. The summed E-state index contributed by atoms with van der Waals surface area (Å²) in [5.74, 6) is 0.967. The number of aliphatic hydroxyl groups excluding tert-OH is 1. The number of carbonyl (C=O) groups excluding carboxylic acids is 1. The lowest BCUT2D eigenvalue weighted by molar-refractivity contribution is 0.0822. The van der Waals surface area contributed by atoms with Crippen molar-refractivity contribution in [1.82, 2.24) is 15.6 Å². The molecule has 4 bridgehead atoms. The number of ether oxygens (including phenoxy) is 1. The number of amides is 1. The van der Waals surface area contributed by atoms with Gasteiger partial charge >= 0.3 is 0 Å². The van der Waals surface area contributed by atoms with E-state index in [9.17, 15) is 9.90 Å². The first-order valence-electron chi connectivity index (χ1n) is 16.0. The van der Waals surface area contributed by atoms with Gasteiger partial charge in [0.05, 0.1) is 24.9 Å². The molecule has 0 saturated heterocycles. The molecule has 1 aliphatic carbocycles. The van der Waals surface area contributed by atoms with Crippen molar-refractivity contribution in [2.75, 3.05) is 25.0 Å². The fourth-order valence-corrected chi connectivity index (χ4v) is 5.97. The third-order valence-electron chi connectivity index (χ3n) is 8.86. The van der Waals surface area contributed by atoms with Gasteiger partial charge in [0.15, 0.2) is 0 Å². The van der Waals surface area contributed by atoms with Crippen LogP contribution in [-0.4, -0.2) is 47.8 Å². The molecule has 0 radical (unpaired) electrons. The van der Waals surface area contributed by atoms with Gasteiger partial charge in [-0.2, -0.15) is 0 Å². The third-order valence-corrected chi connectivity index (χ3v) is 8.86. The molecule has 6 rings (SSSR count). The summed E-state index contributed by atoms with van der Waals surface area (Å²) >= 11 is 0. The molecule has 4 aromatic rings.